The number of carbonyl (C=O) groups is 1. The van der Waals surface area contributed by atoms with Crippen molar-refractivity contribution in [2.45, 2.75) is 6.61 Å². The normalized spacial score (nSPS) is 10.3. The molecular weight excluding hydrogens is 306 g/mol. The van der Waals surface area contributed by atoms with E-state index in [9.17, 15) is 9.18 Å². The maximum absolute atomic E-state index is 13.2. The number of ether oxygens (including phenoxy) is 1. The van der Waals surface area contributed by atoms with Crippen LogP contribution in [0.25, 0.3) is 0 Å². The highest BCUT2D eigenvalue weighted by atomic mass is 35.5. The fourth-order valence-electron chi connectivity index (χ4n) is 1.60. The Balaban J connectivity index is 2.24. The van der Waals surface area contributed by atoms with E-state index in [-0.39, 0.29) is 17.9 Å². The first-order valence-electron chi connectivity index (χ1n) is 5.57. The van der Waals surface area contributed by atoms with Gasteiger partial charge in [0.25, 0.3) is 0 Å². The quantitative estimate of drug-likeness (QED) is 0.909. The molecule has 3 nitrogen and oxygen atoms in total. The fourth-order valence-corrected chi connectivity index (χ4v) is 1.97. The first kappa shape index (κ1) is 14.6. The average molecular weight is 315 g/mol. The topological polar surface area (TPSA) is 46.5 Å². The molecule has 0 atom stereocenters. The summed E-state index contributed by atoms with van der Waals surface area (Å²) in [5, 5.41) is 9.91. The summed E-state index contributed by atoms with van der Waals surface area (Å²) < 4.78 is 18.5. The maximum atomic E-state index is 13.2. The molecule has 0 spiro atoms. The van der Waals surface area contributed by atoms with E-state index in [1.807, 2.05) is 0 Å². The summed E-state index contributed by atoms with van der Waals surface area (Å²) in [4.78, 5) is 11.0. The zero-order valence-corrected chi connectivity index (χ0v) is 11.6. The Hall–Kier alpha value is -1.78. The van der Waals surface area contributed by atoms with Gasteiger partial charge in [-0.1, -0.05) is 23.2 Å². The van der Waals surface area contributed by atoms with E-state index < -0.39 is 11.8 Å². The minimum absolute atomic E-state index is 0.0108. The second kappa shape index (κ2) is 6.11. The summed E-state index contributed by atoms with van der Waals surface area (Å²) in [6.45, 7) is -0.0108. The number of hydrogen-bond donors (Lipinski definition) is 1. The largest absolute Gasteiger partial charge is 0.488 e. The third-order valence-electron chi connectivity index (χ3n) is 2.57. The molecule has 0 heterocycles. The molecule has 104 valence electrons. The second-order valence-electron chi connectivity index (χ2n) is 3.97. The number of rotatable bonds is 4. The van der Waals surface area contributed by atoms with Gasteiger partial charge in [-0.05, 0) is 30.3 Å². The summed E-state index contributed by atoms with van der Waals surface area (Å²) in [6.07, 6.45) is 0. The van der Waals surface area contributed by atoms with Crippen LogP contribution < -0.4 is 4.74 Å². The zero-order valence-electron chi connectivity index (χ0n) is 10.1. The molecule has 0 aliphatic rings. The molecule has 1 N–H and O–H groups in total. The van der Waals surface area contributed by atoms with Crippen molar-refractivity contribution < 1.29 is 19.0 Å². The molecule has 2 rings (SSSR count). The number of benzene rings is 2. The lowest BCUT2D eigenvalue weighted by Crippen LogP contribution is -2.04. The smallest absolute Gasteiger partial charge is 0.339 e. The monoisotopic (exact) mass is 314 g/mol. The molecule has 0 aliphatic heterocycles. The number of carboxylic acids is 1. The lowest BCUT2D eigenvalue weighted by Gasteiger charge is -2.10. The van der Waals surface area contributed by atoms with Crippen LogP contribution in [0.15, 0.2) is 36.4 Å². The highest BCUT2D eigenvalue weighted by Gasteiger charge is 2.13. The van der Waals surface area contributed by atoms with Crippen LogP contribution in [0.5, 0.6) is 5.75 Å². The molecule has 2 aromatic carbocycles. The van der Waals surface area contributed by atoms with Gasteiger partial charge in [0.2, 0.25) is 0 Å². The summed E-state index contributed by atoms with van der Waals surface area (Å²) in [5.74, 6) is -1.84. The van der Waals surface area contributed by atoms with Gasteiger partial charge in [0.1, 0.15) is 23.7 Å². The SMILES string of the molecule is O=C(O)c1ccc(F)cc1OCc1cc(Cl)ccc1Cl. The molecular formula is C14H9Cl2FO3. The third kappa shape index (κ3) is 3.40. The molecule has 0 aromatic heterocycles. The zero-order chi connectivity index (χ0) is 14.7. The van der Waals surface area contributed by atoms with Crippen LogP contribution in [0.1, 0.15) is 15.9 Å². The molecule has 0 aliphatic carbocycles. The molecule has 0 bridgehead atoms. The van der Waals surface area contributed by atoms with Gasteiger partial charge in [-0.3, -0.25) is 0 Å². The van der Waals surface area contributed by atoms with Gasteiger partial charge >= 0.3 is 5.97 Å². The Kier molecular flexibility index (Phi) is 4.47. The molecule has 0 saturated carbocycles. The molecule has 2 aromatic rings. The average Bonchev–Trinajstić information content (AvgIpc) is 2.39. The second-order valence-corrected chi connectivity index (χ2v) is 4.81. The number of aromatic carboxylic acids is 1. The van der Waals surface area contributed by atoms with Crippen molar-refractivity contribution >= 4 is 29.2 Å². The lowest BCUT2D eigenvalue weighted by atomic mass is 10.2. The summed E-state index contributed by atoms with van der Waals surface area (Å²) in [5.41, 5.74) is 0.462. The van der Waals surface area contributed by atoms with Crippen LogP contribution in [0, 0.1) is 5.82 Å². The van der Waals surface area contributed by atoms with Crippen LogP contribution in [0.3, 0.4) is 0 Å². The minimum atomic E-state index is -1.20. The van der Waals surface area contributed by atoms with Crippen molar-refractivity contribution in [2.75, 3.05) is 0 Å². The van der Waals surface area contributed by atoms with E-state index in [2.05, 4.69) is 0 Å². The van der Waals surface area contributed by atoms with Gasteiger partial charge in [0.15, 0.2) is 0 Å². The lowest BCUT2D eigenvalue weighted by molar-refractivity contribution is 0.0691. The third-order valence-corrected chi connectivity index (χ3v) is 3.17. The Bertz CT molecular complexity index is 659. The summed E-state index contributed by atoms with van der Waals surface area (Å²) in [6, 6.07) is 8.05. The maximum Gasteiger partial charge on any atom is 0.339 e. The first-order valence-corrected chi connectivity index (χ1v) is 6.32. The molecule has 0 amide bonds. The molecule has 6 heteroatoms. The summed E-state index contributed by atoms with van der Waals surface area (Å²) >= 11 is 11.8. The van der Waals surface area contributed by atoms with Crippen molar-refractivity contribution in [2.24, 2.45) is 0 Å². The fraction of sp³-hybridized carbons (Fsp3) is 0.0714. The molecule has 0 radical (unpaired) electrons. The van der Waals surface area contributed by atoms with E-state index >= 15 is 0 Å². The van der Waals surface area contributed by atoms with Gasteiger partial charge in [-0.2, -0.15) is 0 Å². The van der Waals surface area contributed by atoms with Crippen LogP contribution in [-0.4, -0.2) is 11.1 Å². The van der Waals surface area contributed by atoms with Crippen LogP contribution in [0.2, 0.25) is 10.0 Å². The molecule has 20 heavy (non-hydrogen) atoms. The molecule has 0 saturated heterocycles. The Morgan fingerprint density at radius 2 is 1.95 bits per heavy atom. The van der Waals surface area contributed by atoms with Crippen molar-refractivity contribution in [3.63, 3.8) is 0 Å². The van der Waals surface area contributed by atoms with E-state index in [0.29, 0.717) is 15.6 Å². The van der Waals surface area contributed by atoms with E-state index in [4.69, 9.17) is 33.0 Å². The Morgan fingerprint density at radius 1 is 1.20 bits per heavy atom. The first-order chi connectivity index (χ1) is 9.47. The molecule has 0 unspecified atom stereocenters. The minimum Gasteiger partial charge on any atom is -0.488 e. The van der Waals surface area contributed by atoms with Crippen LogP contribution in [-0.2, 0) is 6.61 Å². The standard InChI is InChI=1S/C14H9Cl2FO3/c15-9-1-4-12(16)8(5-9)7-20-13-6-10(17)2-3-11(13)14(18)19/h1-6H,7H2,(H,18,19). The van der Waals surface area contributed by atoms with Crippen LogP contribution in [0.4, 0.5) is 4.39 Å². The molecule has 0 fully saturated rings. The summed E-state index contributed by atoms with van der Waals surface area (Å²) in [7, 11) is 0. The highest BCUT2D eigenvalue weighted by molar-refractivity contribution is 6.33. The van der Waals surface area contributed by atoms with Gasteiger partial charge < -0.3 is 9.84 Å². The van der Waals surface area contributed by atoms with Gasteiger partial charge in [0.05, 0.1) is 0 Å². The van der Waals surface area contributed by atoms with E-state index in [0.717, 1.165) is 18.2 Å². The van der Waals surface area contributed by atoms with Crippen molar-refractivity contribution in [3.8, 4) is 5.75 Å². The number of hydrogen-bond acceptors (Lipinski definition) is 2. The predicted octanol–water partition coefficient (Wildman–Crippen LogP) is 4.41. The van der Waals surface area contributed by atoms with Gasteiger partial charge in [-0.15, -0.1) is 0 Å². The van der Waals surface area contributed by atoms with Crippen molar-refractivity contribution in [1.82, 2.24) is 0 Å². The number of halogens is 3. The predicted molar refractivity (Wildman–Crippen MR) is 74.2 cm³/mol. The highest BCUT2D eigenvalue weighted by Crippen LogP contribution is 2.25. The van der Waals surface area contributed by atoms with Crippen molar-refractivity contribution in [1.29, 1.82) is 0 Å². The van der Waals surface area contributed by atoms with E-state index in [1.54, 1.807) is 18.2 Å². The van der Waals surface area contributed by atoms with Gasteiger partial charge in [0, 0.05) is 21.7 Å². The van der Waals surface area contributed by atoms with Crippen LogP contribution >= 0.6 is 23.2 Å². The Morgan fingerprint density at radius 3 is 2.65 bits per heavy atom. The van der Waals surface area contributed by atoms with E-state index in [1.165, 1.54) is 0 Å². The Labute approximate surface area is 124 Å². The van der Waals surface area contributed by atoms with Crippen molar-refractivity contribution in [3.05, 3.63) is 63.4 Å². The number of carboxylic acid groups (broad SMARTS) is 1. The van der Waals surface area contributed by atoms with Gasteiger partial charge in [-0.25, -0.2) is 9.18 Å².